The second kappa shape index (κ2) is 7.05. The number of aromatic nitrogens is 1. The highest BCUT2D eigenvalue weighted by Gasteiger charge is 2.11. The van der Waals surface area contributed by atoms with E-state index < -0.39 is 0 Å². The van der Waals surface area contributed by atoms with Crippen LogP contribution < -0.4 is 10.1 Å². The third-order valence-electron chi connectivity index (χ3n) is 3.01. The van der Waals surface area contributed by atoms with Crippen molar-refractivity contribution in [1.29, 1.82) is 0 Å². The molecule has 0 aliphatic heterocycles. The second-order valence-corrected chi connectivity index (χ2v) is 6.93. The largest absolute Gasteiger partial charge is 0.493 e. The van der Waals surface area contributed by atoms with Crippen molar-refractivity contribution in [3.63, 3.8) is 0 Å². The highest BCUT2D eigenvalue weighted by molar-refractivity contribution is 7.09. The fraction of sp³-hybridized carbons (Fsp3) is 0.471. The molecule has 2 rings (SSSR count). The molecule has 0 saturated carbocycles. The van der Waals surface area contributed by atoms with Crippen LogP contribution in [0.5, 0.6) is 5.75 Å². The molecule has 1 aromatic carbocycles. The summed E-state index contributed by atoms with van der Waals surface area (Å²) in [5.74, 6) is 0.907. The number of para-hydroxylation sites is 1. The lowest BCUT2D eigenvalue weighted by Crippen LogP contribution is -2.37. The number of hydrogen-bond donors (Lipinski definition) is 1. The average molecular weight is 304 g/mol. The van der Waals surface area contributed by atoms with E-state index >= 15 is 0 Å². The summed E-state index contributed by atoms with van der Waals surface area (Å²) in [6.45, 7) is 10.2. The molecule has 1 N–H and O–H groups in total. The highest BCUT2D eigenvalue weighted by atomic mass is 32.1. The molecule has 1 aromatic heterocycles. The summed E-state index contributed by atoms with van der Waals surface area (Å²) in [5, 5.41) is 6.77. The molecule has 0 aliphatic carbocycles. The number of rotatable bonds is 6. The van der Waals surface area contributed by atoms with Gasteiger partial charge in [-0.1, -0.05) is 12.1 Å². The number of benzene rings is 1. The van der Waals surface area contributed by atoms with Crippen molar-refractivity contribution < 1.29 is 4.74 Å². The van der Waals surface area contributed by atoms with Gasteiger partial charge in [-0.05, 0) is 39.8 Å². The fourth-order valence-corrected chi connectivity index (χ4v) is 2.85. The van der Waals surface area contributed by atoms with E-state index in [4.69, 9.17) is 9.72 Å². The molecule has 0 saturated heterocycles. The van der Waals surface area contributed by atoms with Gasteiger partial charge in [0.1, 0.15) is 5.75 Å². The maximum Gasteiger partial charge on any atom is 0.128 e. The van der Waals surface area contributed by atoms with Gasteiger partial charge in [-0.3, -0.25) is 0 Å². The van der Waals surface area contributed by atoms with E-state index in [1.54, 1.807) is 11.3 Å². The van der Waals surface area contributed by atoms with Gasteiger partial charge < -0.3 is 10.1 Å². The minimum Gasteiger partial charge on any atom is -0.493 e. The standard InChI is InChI=1S/C17H24N2OS/c1-5-20-15-9-7-6-8-13(15)14-12-21-16(19-14)10-11-18-17(2,3)4/h6-9,12,18H,5,10-11H2,1-4H3. The molecule has 0 amide bonds. The number of nitrogens with zero attached hydrogens (tertiary/aromatic N) is 1. The summed E-state index contributed by atoms with van der Waals surface area (Å²) < 4.78 is 5.68. The van der Waals surface area contributed by atoms with Gasteiger partial charge in [0, 0.05) is 29.4 Å². The zero-order valence-corrected chi connectivity index (χ0v) is 14.1. The Morgan fingerprint density at radius 3 is 2.71 bits per heavy atom. The monoisotopic (exact) mass is 304 g/mol. The van der Waals surface area contributed by atoms with Crippen LogP contribution in [0.3, 0.4) is 0 Å². The van der Waals surface area contributed by atoms with Crippen LogP contribution in [-0.2, 0) is 6.42 Å². The van der Waals surface area contributed by atoms with Crippen LogP contribution >= 0.6 is 11.3 Å². The molecule has 0 bridgehead atoms. The summed E-state index contributed by atoms with van der Waals surface area (Å²) in [7, 11) is 0. The maximum atomic E-state index is 5.68. The van der Waals surface area contributed by atoms with E-state index in [2.05, 4.69) is 37.5 Å². The zero-order valence-electron chi connectivity index (χ0n) is 13.3. The maximum absolute atomic E-state index is 5.68. The van der Waals surface area contributed by atoms with Crippen molar-refractivity contribution >= 4 is 11.3 Å². The summed E-state index contributed by atoms with van der Waals surface area (Å²) in [6.07, 6.45) is 0.957. The first-order valence-electron chi connectivity index (χ1n) is 7.41. The van der Waals surface area contributed by atoms with Crippen LogP contribution in [0.2, 0.25) is 0 Å². The summed E-state index contributed by atoms with van der Waals surface area (Å²) >= 11 is 1.72. The van der Waals surface area contributed by atoms with Crippen LogP contribution in [0.25, 0.3) is 11.3 Å². The molecule has 2 aromatic rings. The zero-order chi connectivity index (χ0) is 15.3. The third-order valence-corrected chi connectivity index (χ3v) is 3.92. The Balaban J connectivity index is 2.06. The van der Waals surface area contributed by atoms with E-state index in [0.29, 0.717) is 6.61 Å². The molecule has 21 heavy (non-hydrogen) atoms. The summed E-state index contributed by atoms with van der Waals surface area (Å²) in [4.78, 5) is 4.74. The van der Waals surface area contributed by atoms with Crippen molar-refractivity contribution in [1.82, 2.24) is 10.3 Å². The molecular formula is C17H24N2OS. The Bertz CT molecular complexity index is 572. The summed E-state index contributed by atoms with van der Waals surface area (Å²) in [5.41, 5.74) is 2.24. The van der Waals surface area contributed by atoms with E-state index in [1.807, 2.05) is 25.1 Å². The van der Waals surface area contributed by atoms with Crippen molar-refractivity contribution in [2.24, 2.45) is 0 Å². The lowest BCUT2D eigenvalue weighted by molar-refractivity contribution is 0.341. The van der Waals surface area contributed by atoms with Gasteiger partial charge >= 0.3 is 0 Å². The smallest absolute Gasteiger partial charge is 0.128 e. The molecule has 0 atom stereocenters. The molecule has 0 unspecified atom stereocenters. The average Bonchev–Trinajstić information content (AvgIpc) is 2.87. The van der Waals surface area contributed by atoms with E-state index in [1.165, 1.54) is 0 Å². The lowest BCUT2D eigenvalue weighted by atomic mass is 10.1. The molecule has 0 fully saturated rings. The van der Waals surface area contributed by atoms with E-state index in [0.717, 1.165) is 35.0 Å². The van der Waals surface area contributed by atoms with Crippen LogP contribution in [0.1, 0.15) is 32.7 Å². The quantitative estimate of drug-likeness (QED) is 0.871. The van der Waals surface area contributed by atoms with Gasteiger partial charge in [-0.2, -0.15) is 0 Å². The van der Waals surface area contributed by atoms with Crippen molar-refractivity contribution in [2.75, 3.05) is 13.2 Å². The summed E-state index contributed by atoms with van der Waals surface area (Å²) in [6, 6.07) is 8.09. The number of nitrogens with one attached hydrogen (secondary N) is 1. The van der Waals surface area contributed by atoms with E-state index in [9.17, 15) is 0 Å². The number of hydrogen-bond acceptors (Lipinski definition) is 4. The van der Waals surface area contributed by atoms with Crippen LogP contribution in [0.15, 0.2) is 29.6 Å². The van der Waals surface area contributed by atoms with E-state index in [-0.39, 0.29) is 5.54 Å². The second-order valence-electron chi connectivity index (χ2n) is 5.98. The predicted molar refractivity (Wildman–Crippen MR) is 90.2 cm³/mol. The topological polar surface area (TPSA) is 34.1 Å². The van der Waals surface area contributed by atoms with Gasteiger partial charge in [-0.15, -0.1) is 11.3 Å². The minimum atomic E-state index is 0.154. The number of thiazole rings is 1. The molecule has 114 valence electrons. The predicted octanol–water partition coefficient (Wildman–Crippen LogP) is 4.14. The first kappa shape index (κ1) is 16.0. The third kappa shape index (κ3) is 4.83. The molecule has 4 heteroatoms. The molecule has 0 radical (unpaired) electrons. The first-order valence-corrected chi connectivity index (χ1v) is 8.29. The minimum absolute atomic E-state index is 0.154. The molecule has 3 nitrogen and oxygen atoms in total. The van der Waals surface area contributed by atoms with Crippen molar-refractivity contribution in [2.45, 2.75) is 39.7 Å². The van der Waals surface area contributed by atoms with Gasteiger partial charge in [-0.25, -0.2) is 4.98 Å². The Kier molecular flexibility index (Phi) is 5.37. The Morgan fingerprint density at radius 2 is 2.00 bits per heavy atom. The molecule has 0 spiro atoms. The molecule has 1 heterocycles. The highest BCUT2D eigenvalue weighted by Crippen LogP contribution is 2.30. The fourth-order valence-electron chi connectivity index (χ4n) is 2.05. The lowest BCUT2D eigenvalue weighted by Gasteiger charge is -2.19. The van der Waals surface area contributed by atoms with Gasteiger partial charge in [0.05, 0.1) is 17.3 Å². The van der Waals surface area contributed by atoms with Gasteiger partial charge in [0.2, 0.25) is 0 Å². The SMILES string of the molecule is CCOc1ccccc1-c1csc(CCNC(C)(C)C)n1. The van der Waals surface area contributed by atoms with Crippen molar-refractivity contribution in [3.8, 4) is 17.0 Å². The van der Waals surface area contributed by atoms with Crippen LogP contribution in [0.4, 0.5) is 0 Å². The molecular weight excluding hydrogens is 280 g/mol. The Hall–Kier alpha value is -1.39. The van der Waals surface area contributed by atoms with Crippen LogP contribution in [0, 0.1) is 0 Å². The van der Waals surface area contributed by atoms with Crippen molar-refractivity contribution in [3.05, 3.63) is 34.7 Å². The normalized spacial score (nSPS) is 11.6. The first-order chi connectivity index (χ1) is 9.99. The Morgan fingerprint density at radius 1 is 1.24 bits per heavy atom. The van der Waals surface area contributed by atoms with Crippen LogP contribution in [-0.4, -0.2) is 23.7 Å². The van der Waals surface area contributed by atoms with Gasteiger partial charge in [0.15, 0.2) is 0 Å². The van der Waals surface area contributed by atoms with Gasteiger partial charge in [0.25, 0.3) is 0 Å². The number of ether oxygens (including phenoxy) is 1. The Labute approximate surface area is 131 Å². The molecule has 0 aliphatic rings.